The molecule has 222 valence electrons. The molecule has 2 aliphatic rings. The molecule has 1 aliphatic carbocycles. The van der Waals surface area contributed by atoms with Crippen LogP contribution in [0.3, 0.4) is 0 Å². The van der Waals surface area contributed by atoms with Crippen LogP contribution in [0.4, 0.5) is 0 Å². The quantitative estimate of drug-likeness (QED) is 0.327. The van der Waals surface area contributed by atoms with E-state index < -0.39 is 22.0 Å². The molecular formula is C32H33N5O5S. The predicted molar refractivity (Wildman–Crippen MR) is 160 cm³/mol. The molecule has 1 aliphatic heterocycles. The monoisotopic (exact) mass is 599 g/mol. The Labute approximate surface area is 250 Å². The van der Waals surface area contributed by atoms with E-state index in [4.69, 9.17) is 4.52 Å². The molecule has 2 atom stereocenters. The zero-order chi connectivity index (χ0) is 30.1. The van der Waals surface area contributed by atoms with Crippen LogP contribution in [0.5, 0.6) is 0 Å². The Morgan fingerprint density at radius 1 is 1.07 bits per heavy atom. The Morgan fingerprint density at radius 2 is 1.84 bits per heavy atom. The Hall–Kier alpha value is -4.35. The predicted octanol–water partition coefficient (Wildman–Crippen LogP) is 4.09. The number of nitrogens with zero attached hydrogens (tertiary/aromatic N) is 3. The lowest BCUT2D eigenvalue weighted by molar-refractivity contribution is -0.132. The van der Waals surface area contributed by atoms with Gasteiger partial charge in [-0.15, -0.1) is 0 Å². The first kappa shape index (κ1) is 28.8. The molecule has 43 heavy (non-hydrogen) atoms. The summed E-state index contributed by atoms with van der Waals surface area (Å²) in [6, 6.07) is 19.2. The van der Waals surface area contributed by atoms with Crippen LogP contribution in [0.15, 0.2) is 76.1 Å². The summed E-state index contributed by atoms with van der Waals surface area (Å²) < 4.78 is 33.5. The molecule has 0 saturated carbocycles. The van der Waals surface area contributed by atoms with Gasteiger partial charge in [0, 0.05) is 18.7 Å². The number of aryl methyl sites for hydroxylation is 3. The van der Waals surface area contributed by atoms with Crippen LogP contribution >= 0.6 is 0 Å². The second-order valence-electron chi connectivity index (χ2n) is 11.1. The number of hydrogen-bond acceptors (Lipinski definition) is 7. The van der Waals surface area contributed by atoms with Gasteiger partial charge in [0.25, 0.3) is 5.89 Å². The number of amides is 2. The Morgan fingerprint density at radius 3 is 2.58 bits per heavy atom. The van der Waals surface area contributed by atoms with E-state index in [1.807, 2.05) is 43.3 Å². The van der Waals surface area contributed by atoms with Gasteiger partial charge in [-0.1, -0.05) is 59.3 Å². The fraction of sp³-hybridized carbons (Fsp3) is 0.312. The van der Waals surface area contributed by atoms with Gasteiger partial charge in [-0.2, -0.15) is 9.29 Å². The number of hydrogen-bond donors (Lipinski definition) is 2. The van der Waals surface area contributed by atoms with Gasteiger partial charge in [-0.25, -0.2) is 8.42 Å². The number of carbonyl (C=O) groups is 2. The topological polar surface area (TPSA) is 134 Å². The van der Waals surface area contributed by atoms with E-state index in [0.29, 0.717) is 11.7 Å². The smallest absolute Gasteiger partial charge is 0.258 e. The van der Waals surface area contributed by atoms with Gasteiger partial charge in [0.05, 0.1) is 17.4 Å². The number of nitrogens with one attached hydrogen (secondary N) is 2. The maximum Gasteiger partial charge on any atom is 0.258 e. The molecule has 10 nitrogen and oxygen atoms in total. The van der Waals surface area contributed by atoms with Crippen LogP contribution in [-0.2, 0) is 26.0 Å². The fourth-order valence-corrected chi connectivity index (χ4v) is 7.50. The number of piperazine rings is 1. The van der Waals surface area contributed by atoms with Gasteiger partial charge in [0.1, 0.15) is 6.04 Å². The van der Waals surface area contributed by atoms with Crippen molar-refractivity contribution in [2.45, 2.75) is 56.5 Å². The summed E-state index contributed by atoms with van der Waals surface area (Å²) in [4.78, 5) is 30.7. The highest BCUT2D eigenvalue weighted by Gasteiger charge is 2.40. The fourth-order valence-electron chi connectivity index (χ4n) is 5.91. The lowest BCUT2D eigenvalue weighted by Crippen LogP contribution is -2.58. The van der Waals surface area contributed by atoms with Crippen LogP contribution in [0.2, 0.25) is 0 Å². The van der Waals surface area contributed by atoms with E-state index in [2.05, 4.69) is 26.8 Å². The van der Waals surface area contributed by atoms with Crippen molar-refractivity contribution in [1.29, 1.82) is 0 Å². The van der Waals surface area contributed by atoms with Gasteiger partial charge < -0.3 is 15.2 Å². The third-order valence-corrected chi connectivity index (χ3v) is 10.00. The summed E-state index contributed by atoms with van der Waals surface area (Å²) in [7, 11) is -3.96. The summed E-state index contributed by atoms with van der Waals surface area (Å²) in [6.45, 7) is 3.94. The van der Waals surface area contributed by atoms with Crippen molar-refractivity contribution >= 4 is 21.8 Å². The van der Waals surface area contributed by atoms with Crippen LogP contribution in [-0.4, -0.2) is 53.8 Å². The summed E-state index contributed by atoms with van der Waals surface area (Å²) in [5.41, 5.74) is 5.90. The summed E-state index contributed by atoms with van der Waals surface area (Å²) in [5.74, 6) is 0.183. The zero-order valence-electron chi connectivity index (χ0n) is 24.0. The zero-order valence-corrected chi connectivity index (χ0v) is 24.9. The minimum atomic E-state index is -3.96. The Balaban J connectivity index is 1.21. The first-order chi connectivity index (χ1) is 20.7. The second-order valence-corrected chi connectivity index (χ2v) is 12.9. The van der Waals surface area contributed by atoms with Gasteiger partial charge >= 0.3 is 0 Å². The SMILES string of the molecule is Cc1ccc(S(=O)(=O)N2CCNC(=O)[C@H]2CC(=O)N[C@@H]2CCCc3cc(-c4ccccc4-c4nc(C)no4)ccc32)cc1. The van der Waals surface area contributed by atoms with Crippen LogP contribution in [0.25, 0.3) is 22.6 Å². The number of sulfonamides is 1. The highest BCUT2D eigenvalue weighted by Crippen LogP contribution is 2.36. The third-order valence-electron chi connectivity index (χ3n) is 8.08. The molecule has 2 heterocycles. The van der Waals surface area contributed by atoms with Gasteiger partial charge in [-0.05, 0) is 73.6 Å². The molecular weight excluding hydrogens is 566 g/mol. The molecule has 0 unspecified atom stereocenters. The van der Waals surface area contributed by atoms with Crippen molar-refractivity contribution in [3.05, 3.63) is 89.2 Å². The molecule has 1 aromatic heterocycles. The summed E-state index contributed by atoms with van der Waals surface area (Å²) >= 11 is 0. The van der Waals surface area contributed by atoms with E-state index >= 15 is 0 Å². The highest BCUT2D eigenvalue weighted by molar-refractivity contribution is 7.89. The number of fused-ring (bicyclic) bond motifs is 1. The molecule has 0 radical (unpaired) electrons. The first-order valence-electron chi connectivity index (χ1n) is 14.4. The number of aromatic nitrogens is 2. The van der Waals surface area contributed by atoms with Gasteiger partial charge in [0.2, 0.25) is 21.8 Å². The molecule has 0 bridgehead atoms. The molecule has 6 rings (SSSR count). The molecule has 11 heteroatoms. The van der Waals surface area contributed by atoms with Crippen molar-refractivity contribution < 1.29 is 22.5 Å². The van der Waals surface area contributed by atoms with Gasteiger partial charge in [-0.3, -0.25) is 9.59 Å². The average Bonchev–Trinajstić information content (AvgIpc) is 3.44. The minimum absolute atomic E-state index is 0.0968. The van der Waals surface area contributed by atoms with E-state index in [9.17, 15) is 18.0 Å². The molecule has 2 N–H and O–H groups in total. The van der Waals surface area contributed by atoms with E-state index in [1.54, 1.807) is 19.1 Å². The summed E-state index contributed by atoms with van der Waals surface area (Å²) in [5, 5.41) is 9.74. The Bertz CT molecular complexity index is 1780. The summed E-state index contributed by atoms with van der Waals surface area (Å²) in [6.07, 6.45) is 2.23. The van der Waals surface area contributed by atoms with Gasteiger partial charge in [0.15, 0.2) is 5.82 Å². The average molecular weight is 600 g/mol. The van der Waals surface area contributed by atoms with E-state index in [0.717, 1.165) is 56.9 Å². The molecule has 1 saturated heterocycles. The minimum Gasteiger partial charge on any atom is -0.353 e. The van der Waals surface area contributed by atoms with Crippen LogP contribution < -0.4 is 10.6 Å². The standard InChI is InChI=1S/C32H33N5O5S/c1-20-10-13-24(14-11-20)43(40,41)37-17-16-33-31(39)29(37)19-30(38)35-28-9-5-6-22-18-23(12-15-26(22)28)25-7-3-4-8-27(25)32-34-21(2)36-42-32/h3-4,7-8,10-15,18,28-29H,5-6,9,16-17,19H2,1-2H3,(H,33,39)(H,35,38)/t28-,29-/m1/s1. The maximum atomic E-state index is 13.5. The Kier molecular flexibility index (Phi) is 7.85. The normalized spacial score (nSPS) is 19.0. The van der Waals surface area contributed by atoms with Crippen molar-refractivity contribution in [3.63, 3.8) is 0 Å². The van der Waals surface area contributed by atoms with Crippen molar-refractivity contribution in [2.24, 2.45) is 0 Å². The second kappa shape index (κ2) is 11.7. The third kappa shape index (κ3) is 5.82. The van der Waals surface area contributed by atoms with E-state index in [1.165, 1.54) is 12.1 Å². The van der Waals surface area contributed by atoms with Crippen LogP contribution in [0.1, 0.15) is 47.8 Å². The van der Waals surface area contributed by atoms with E-state index in [-0.39, 0.29) is 36.4 Å². The molecule has 2 amide bonds. The van der Waals surface area contributed by atoms with Crippen molar-refractivity contribution in [2.75, 3.05) is 13.1 Å². The highest BCUT2D eigenvalue weighted by atomic mass is 32.2. The number of benzene rings is 3. The largest absolute Gasteiger partial charge is 0.353 e. The molecule has 0 spiro atoms. The van der Waals surface area contributed by atoms with Crippen molar-refractivity contribution in [1.82, 2.24) is 25.1 Å². The van der Waals surface area contributed by atoms with Crippen LogP contribution in [0, 0.1) is 13.8 Å². The van der Waals surface area contributed by atoms with Crippen molar-refractivity contribution in [3.8, 4) is 22.6 Å². The number of carbonyl (C=O) groups excluding carboxylic acids is 2. The lowest BCUT2D eigenvalue weighted by Gasteiger charge is -2.34. The molecule has 1 fully saturated rings. The molecule has 4 aromatic rings. The maximum absolute atomic E-state index is 13.5. The first-order valence-corrected chi connectivity index (χ1v) is 15.8. The number of rotatable bonds is 7. The lowest BCUT2D eigenvalue weighted by atomic mass is 9.85. The molecule has 3 aromatic carbocycles.